The number of carbonyl (C=O) groups is 1. The largest absolute Gasteiger partial charge is 0.369 e. The molecule has 5 fully saturated rings. The van der Waals surface area contributed by atoms with Crippen molar-refractivity contribution in [3.63, 3.8) is 0 Å². The predicted molar refractivity (Wildman–Crippen MR) is 78.0 cm³/mol. The summed E-state index contributed by atoms with van der Waals surface area (Å²) in [5, 5.41) is 0. The first-order chi connectivity index (χ1) is 9.69. The zero-order valence-electron chi connectivity index (χ0n) is 12.3. The lowest BCUT2D eigenvalue weighted by molar-refractivity contribution is -0.120. The van der Waals surface area contributed by atoms with Crippen LogP contribution in [-0.4, -0.2) is 54.5 Å². The average Bonchev–Trinajstić information content (AvgIpc) is 2.38. The lowest BCUT2D eigenvalue weighted by Crippen LogP contribution is -2.60. The van der Waals surface area contributed by atoms with Crippen LogP contribution in [0.5, 0.6) is 0 Å². The van der Waals surface area contributed by atoms with Crippen molar-refractivity contribution in [3.05, 3.63) is 0 Å². The summed E-state index contributed by atoms with van der Waals surface area (Å²) in [6.07, 6.45) is 7.53. The van der Waals surface area contributed by atoms with Gasteiger partial charge in [0.2, 0.25) is 5.91 Å². The molecule has 0 aromatic carbocycles. The van der Waals surface area contributed by atoms with Crippen molar-refractivity contribution in [1.29, 1.82) is 0 Å². The third-order valence-electron chi connectivity index (χ3n) is 6.38. The molecule has 0 atom stereocenters. The topological polar surface area (TPSA) is 49.6 Å². The molecule has 0 aromatic rings. The number of hydrogen-bond acceptors (Lipinski definition) is 3. The summed E-state index contributed by atoms with van der Waals surface area (Å²) in [4.78, 5) is 16.0. The molecule has 0 spiro atoms. The Hall–Kier alpha value is -0.610. The molecule has 4 aliphatic carbocycles. The third-order valence-corrected chi connectivity index (χ3v) is 6.38. The van der Waals surface area contributed by atoms with Crippen LogP contribution in [0.2, 0.25) is 0 Å². The van der Waals surface area contributed by atoms with Crippen molar-refractivity contribution in [2.45, 2.75) is 38.1 Å². The predicted octanol–water partition coefficient (Wildman–Crippen LogP) is 0.914. The number of primary amides is 1. The molecule has 20 heavy (non-hydrogen) atoms. The van der Waals surface area contributed by atoms with Crippen LogP contribution in [0.25, 0.3) is 0 Å². The van der Waals surface area contributed by atoms with Gasteiger partial charge in [0.15, 0.2) is 0 Å². The standard InChI is InChI=1S/C16H27N3O/c17-15(20)10-18-1-3-19(4-2-18)16-13-6-11-5-12(8-13)9-14(16)7-11/h11-14,16H,1-10H2,(H2,17,20). The third kappa shape index (κ3) is 2.27. The maximum absolute atomic E-state index is 11.0. The minimum atomic E-state index is -0.187. The molecule has 1 heterocycles. The van der Waals surface area contributed by atoms with Crippen molar-refractivity contribution in [2.75, 3.05) is 32.7 Å². The Labute approximate surface area is 121 Å². The maximum atomic E-state index is 11.0. The highest BCUT2D eigenvalue weighted by Gasteiger charge is 2.50. The van der Waals surface area contributed by atoms with E-state index in [9.17, 15) is 4.79 Å². The van der Waals surface area contributed by atoms with Gasteiger partial charge in [0, 0.05) is 32.2 Å². The summed E-state index contributed by atoms with van der Waals surface area (Å²) in [7, 11) is 0. The molecule has 1 saturated heterocycles. The minimum Gasteiger partial charge on any atom is -0.369 e. The number of hydrogen-bond donors (Lipinski definition) is 1. The first-order valence-electron chi connectivity index (χ1n) is 8.43. The van der Waals surface area contributed by atoms with Crippen LogP contribution in [-0.2, 0) is 4.79 Å². The van der Waals surface area contributed by atoms with Gasteiger partial charge in [-0.2, -0.15) is 0 Å². The molecule has 2 N–H and O–H groups in total. The summed E-state index contributed by atoms with van der Waals surface area (Å²) in [5.74, 6) is 3.89. The Bertz CT molecular complexity index is 361. The van der Waals surface area contributed by atoms with Gasteiger partial charge in [-0.05, 0) is 55.8 Å². The van der Waals surface area contributed by atoms with E-state index < -0.39 is 0 Å². The van der Waals surface area contributed by atoms with E-state index >= 15 is 0 Å². The van der Waals surface area contributed by atoms with E-state index in [1.807, 2.05) is 0 Å². The van der Waals surface area contributed by atoms with Gasteiger partial charge in [0.25, 0.3) is 0 Å². The van der Waals surface area contributed by atoms with Crippen molar-refractivity contribution >= 4 is 5.91 Å². The van der Waals surface area contributed by atoms with Crippen molar-refractivity contribution in [3.8, 4) is 0 Å². The van der Waals surface area contributed by atoms with E-state index in [1.165, 1.54) is 32.1 Å². The summed E-state index contributed by atoms with van der Waals surface area (Å²) in [6.45, 7) is 4.76. The average molecular weight is 277 g/mol. The monoisotopic (exact) mass is 277 g/mol. The zero-order chi connectivity index (χ0) is 13.7. The smallest absolute Gasteiger partial charge is 0.231 e. The van der Waals surface area contributed by atoms with Gasteiger partial charge < -0.3 is 5.73 Å². The second-order valence-corrected chi connectivity index (χ2v) is 7.70. The molecule has 0 unspecified atom stereocenters. The van der Waals surface area contributed by atoms with Gasteiger partial charge in [-0.25, -0.2) is 0 Å². The first-order valence-corrected chi connectivity index (χ1v) is 8.43. The Morgan fingerprint density at radius 2 is 1.45 bits per heavy atom. The number of nitrogens with two attached hydrogens (primary N) is 1. The van der Waals surface area contributed by atoms with Gasteiger partial charge in [-0.3, -0.25) is 14.6 Å². The van der Waals surface area contributed by atoms with Crippen molar-refractivity contribution in [2.24, 2.45) is 29.4 Å². The van der Waals surface area contributed by atoms with E-state index in [2.05, 4.69) is 9.80 Å². The fourth-order valence-corrected chi connectivity index (χ4v) is 5.93. The Morgan fingerprint density at radius 1 is 0.900 bits per heavy atom. The molecule has 1 aliphatic heterocycles. The number of rotatable bonds is 3. The minimum absolute atomic E-state index is 0.187. The molecule has 4 heteroatoms. The highest BCUT2D eigenvalue weighted by atomic mass is 16.1. The van der Waals surface area contributed by atoms with E-state index in [-0.39, 0.29) is 5.91 Å². The van der Waals surface area contributed by atoms with E-state index in [1.54, 1.807) is 0 Å². The highest BCUT2D eigenvalue weighted by Crippen LogP contribution is 2.55. The van der Waals surface area contributed by atoms with E-state index in [0.29, 0.717) is 6.54 Å². The Balaban J connectivity index is 1.38. The summed E-state index contributed by atoms with van der Waals surface area (Å²) in [5.41, 5.74) is 5.30. The molecule has 1 amide bonds. The molecule has 4 bridgehead atoms. The van der Waals surface area contributed by atoms with Crippen LogP contribution in [0, 0.1) is 23.7 Å². The van der Waals surface area contributed by atoms with Crippen LogP contribution in [0.4, 0.5) is 0 Å². The van der Waals surface area contributed by atoms with Gasteiger partial charge in [0.1, 0.15) is 0 Å². The van der Waals surface area contributed by atoms with E-state index in [4.69, 9.17) is 5.73 Å². The fraction of sp³-hybridized carbons (Fsp3) is 0.938. The number of nitrogens with zero attached hydrogens (tertiary/aromatic N) is 2. The van der Waals surface area contributed by atoms with Gasteiger partial charge >= 0.3 is 0 Å². The van der Waals surface area contributed by atoms with Gasteiger partial charge in [-0.15, -0.1) is 0 Å². The maximum Gasteiger partial charge on any atom is 0.231 e. The lowest BCUT2D eigenvalue weighted by atomic mass is 9.54. The molecule has 112 valence electrons. The number of carbonyl (C=O) groups excluding carboxylic acids is 1. The van der Waals surface area contributed by atoms with Crippen LogP contribution in [0.15, 0.2) is 0 Å². The molecule has 4 nitrogen and oxygen atoms in total. The van der Waals surface area contributed by atoms with Gasteiger partial charge in [0.05, 0.1) is 6.54 Å². The molecular formula is C16H27N3O. The van der Waals surface area contributed by atoms with E-state index in [0.717, 1.165) is 55.9 Å². The van der Waals surface area contributed by atoms with Crippen LogP contribution >= 0.6 is 0 Å². The summed E-state index contributed by atoms with van der Waals surface area (Å²) < 4.78 is 0. The Kier molecular flexibility index (Phi) is 3.26. The molecule has 0 aromatic heterocycles. The molecule has 0 radical (unpaired) electrons. The van der Waals surface area contributed by atoms with Crippen LogP contribution in [0.3, 0.4) is 0 Å². The Morgan fingerprint density at radius 3 is 1.95 bits per heavy atom. The lowest BCUT2D eigenvalue weighted by Gasteiger charge is -2.58. The number of piperazine rings is 1. The van der Waals surface area contributed by atoms with Crippen LogP contribution in [0.1, 0.15) is 32.1 Å². The van der Waals surface area contributed by atoms with Crippen LogP contribution < -0.4 is 5.73 Å². The second kappa shape index (κ2) is 4.99. The van der Waals surface area contributed by atoms with Crippen molar-refractivity contribution in [1.82, 2.24) is 9.80 Å². The fourth-order valence-electron chi connectivity index (χ4n) is 5.93. The molecule has 5 aliphatic rings. The van der Waals surface area contributed by atoms with Crippen molar-refractivity contribution < 1.29 is 4.79 Å². The molecule has 5 rings (SSSR count). The summed E-state index contributed by atoms with van der Waals surface area (Å²) in [6, 6.07) is 0.860. The SMILES string of the molecule is NC(=O)CN1CCN(C2C3CC4CC(C3)CC2C4)CC1. The summed E-state index contributed by atoms with van der Waals surface area (Å²) >= 11 is 0. The molecule has 4 saturated carbocycles. The molecular weight excluding hydrogens is 250 g/mol. The van der Waals surface area contributed by atoms with Gasteiger partial charge in [-0.1, -0.05) is 0 Å². The second-order valence-electron chi connectivity index (χ2n) is 7.70. The zero-order valence-corrected chi connectivity index (χ0v) is 12.3. The normalized spacial score (nSPS) is 44.9. The quantitative estimate of drug-likeness (QED) is 0.834. The number of amides is 1. The first kappa shape index (κ1) is 13.1. The highest BCUT2D eigenvalue weighted by molar-refractivity contribution is 5.75.